The molecule has 0 spiro atoms. The van der Waals surface area contributed by atoms with E-state index < -0.39 is 0 Å². The van der Waals surface area contributed by atoms with Crippen LogP contribution in [0, 0.1) is 0 Å². The van der Waals surface area contributed by atoms with Crippen LogP contribution in [0.4, 0.5) is 0 Å². The van der Waals surface area contributed by atoms with Gasteiger partial charge in [0.25, 0.3) is 0 Å². The lowest BCUT2D eigenvalue weighted by molar-refractivity contribution is 0.228. The van der Waals surface area contributed by atoms with E-state index in [-0.39, 0.29) is 6.10 Å². The van der Waals surface area contributed by atoms with Crippen LogP contribution in [-0.4, -0.2) is 54.0 Å². The molecule has 1 aromatic carbocycles. The fraction of sp³-hybridized carbons (Fsp3) is 0.545. The largest absolute Gasteiger partial charge is 0.497 e. The first kappa shape index (κ1) is 22.6. The van der Waals surface area contributed by atoms with E-state index >= 15 is 0 Å². The highest BCUT2D eigenvalue weighted by atomic mass is 16.5. The number of guanidine groups is 1. The highest BCUT2D eigenvalue weighted by molar-refractivity contribution is 5.79. The predicted molar refractivity (Wildman–Crippen MR) is 118 cm³/mol. The van der Waals surface area contributed by atoms with Crippen LogP contribution in [0.1, 0.15) is 44.9 Å². The molecule has 0 aliphatic carbocycles. The van der Waals surface area contributed by atoms with Crippen LogP contribution < -0.4 is 14.8 Å². The van der Waals surface area contributed by atoms with Crippen molar-refractivity contribution in [1.82, 2.24) is 20.0 Å². The summed E-state index contributed by atoms with van der Waals surface area (Å²) in [5.41, 5.74) is 2.35. The Hall–Kier alpha value is -2.70. The van der Waals surface area contributed by atoms with E-state index in [0.29, 0.717) is 12.5 Å². The number of nitrogens with zero attached hydrogens (tertiary/aromatic N) is 4. The van der Waals surface area contributed by atoms with Gasteiger partial charge in [-0.3, -0.25) is 4.68 Å². The van der Waals surface area contributed by atoms with Gasteiger partial charge in [0.15, 0.2) is 5.96 Å². The number of benzene rings is 1. The van der Waals surface area contributed by atoms with Crippen LogP contribution in [0.5, 0.6) is 11.5 Å². The summed E-state index contributed by atoms with van der Waals surface area (Å²) in [6, 6.07) is 7.63. The van der Waals surface area contributed by atoms with E-state index in [0.717, 1.165) is 36.2 Å². The quantitative estimate of drug-likeness (QED) is 0.515. The molecule has 1 unspecified atom stereocenters. The third-order valence-electron chi connectivity index (χ3n) is 4.46. The second-order valence-electron chi connectivity index (χ2n) is 7.53. The maximum absolute atomic E-state index is 5.99. The van der Waals surface area contributed by atoms with Crippen molar-refractivity contribution in [3.63, 3.8) is 0 Å². The van der Waals surface area contributed by atoms with E-state index in [9.17, 15) is 0 Å². The second-order valence-corrected chi connectivity index (χ2v) is 7.53. The van der Waals surface area contributed by atoms with Crippen molar-refractivity contribution in [2.24, 2.45) is 12.0 Å². The van der Waals surface area contributed by atoms with Gasteiger partial charge in [-0.2, -0.15) is 5.10 Å². The number of hydrogen-bond donors (Lipinski definition) is 1. The lowest BCUT2D eigenvalue weighted by Gasteiger charge is -2.23. The van der Waals surface area contributed by atoms with Crippen LogP contribution >= 0.6 is 0 Å². The van der Waals surface area contributed by atoms with Crippen molar-refractivity contribution in [2.45, 2.75) is 46.3 Å². The smallest absolute Gasteiger partial charge is 0.194 e. The maximum atomic E-state index is 5.99. The van der Waals surface area contributed by atoms with Gasteiger partial charge >= 0.3 is 0 Å². The third-order valence-corrected chi connectivity index (χ3v) is 4.46. The van der Waals surface area contributed by atoms with Crippen molar-refractivity contribution < 1.29 is 9.47 Å². The molecule has 1 aromatic heterocycles. The summed E-state index contributed by atoms with van der Waals surface area (Å²) >= 11 is 0. The summed E-state index contributed by atoms with van der Waals surface area (Å²) in [5, 5.41) is 7.97. The predicted octanol–water partition coefficient (Wildman–Crippen LogP) is 3.42. The topological polar surface area (TPSA) is 63.9 Å². The first-order valence-electron chi connectivity index (χ1n) is 10.2. The molecule has 2 aromatic rings. The molecule has 0 amide bonds. The number of nitrogens with one attached hydrogen (secondary N) is 1. The first-order valence-corrected chi connectivity index (χ1v) is 10.2. The van der Waals surface area contributed by atoms with Gasteiger partial charge in [-0.25, -0.2) is 4.99 Å². The molecule has 0 bridgehead atoms. The van der Waals surface area contributed by atoms with Gasteiger partial charge < -0.3 is 19.7 Å². The van der Waals surface area contributed by atoms with Crippen molar-refractivity contribution in [3.8, 4) is 11.5 Å². The summed E-state index contributed by atoms with van der Waals surface area (Å²) in [5.74, 6) is 2.80. The van der Waals surface area contributed by atoms with Crippen LogP contribution in [0.15, 0.2) is 35.5 Å². The zero-order chi connectivity index (χ0) is 21.4. The van der Waals surface area contributed by atoms with E-state index in [1.54, 1.807) is 7.11 Å². The van der Waals surface area contributed by atoms with Gasteiger partial charge in [0.1, 0.15) is 17.6 Å². The summed E-state index contributed by atoms with van der Waals surface area (Å²) in [7, 11) is 5.66. The Morgan fingerprint density at radius 3 is 2.66 bits per heavy atom. The average Bonchev–Trinajstić information content (AvgIpc) is 3.05. The second kappa shape index (κ2) is 10.7. The van der Waals surface area contributed by atoms with Crippen molar-refractivity contribution in [2.75, 3.05) is 27.2 Å². The van der Waals surface area contributed by atoms with E-state index in [1.807, 2.05) is 50.0 Å². The fourth-order valence-corrected chi connectivity index (χ4v) is 3.12. The minimum Gasteiger partial charge on any atom is -0.497 e. The van der Waals surface area contributed by atoms with Crippen LogP contribution in [-0.2, 0) is 13.6 Å². The molecule has 160 valence electrons. The number of aromatic nitrogens is 2. The van der Waals surface area contributed by atoms with Gasteiger partial charge in [-0.05, 0) is 31.9 Å². The van der Waals surface area contributed by atoms with E-state index in [1.165, 1.54) is 5.56 Å². The van der Waals surface area contributed by atoms with Gasteiger partial charge in [-0.1, -0.05) is 19.9 Å². The minimum absolute atomic E-state index is 0.0613. The number of aliphatic imine (C=N–C) groups is 1. The molecule has 0 saturated heterocycles. The Kier molecular flexibility index (Phi) is 8.36. The maximum Gasteiger partial charge on any atom is 0.194 e. The summed E-state index contributed by atoms with van der Waals surface area (Å²) in [6.07, 6.45) is 2.03. The zero-order valence-corrected chi connectivity index (χ0v) is 18.8. The molecule has 1 heterocycles. The molecule has 7 heteroatoms. The normalized spacial score (nSPS) is 12.8. The monoisotopic (exact) mass is 401 g/mol. The van der Waals surface area contributed by atoms with Crippen LogP contribution in [0.25, 0.3) is 0 Å². The van der Waals surface area contributed by atoms with Crippen molar-refractivity contribution >= 4 is 5.96 Å². The van der Waals surface area contributed by atoms with Gasteiger partial charge in [0.2, 0.25) is 0 Å². The third kappa shape index (κ3) is 6.69. The van der Waals surface area contributed by atoms with Gasteiger partial charge in [0.05, 0.1) is 19.3 Å². The number of methoxy groups -OCH3 is 1. The molecule has 0 fully saturated rings. The van der Waals surface area contributed by atoms with Gasteiger partial charge in [-0.15, -0.1) is 0 Å². The van der Waals surface area contributed by atoms with E-state index in [4.69, 9.17) is 14.5 Å². The molecular weight excluding hydrogens is 366 g/mol. The number of aryl methyl sites for hydroxylation is 1. The molecule has 0 radical (unpaired) electrons. The Balaban J connectivity index is 2.04. The molecule has 1 N–H and O–H groups in total. The Morgan fingerprint density at radius 1 is 1.28 bits per heavy atom. The molecule has 1 atom stereocenters. The molecule has 0 aliphatic rings. The van der Waals surface area contributed by atoms with Crippen LogP contribution in [0.3, 0.4) is 0 Å². The highest BCUT2D eigenvalue weighted by Crippen LogP contribution is 2.20. The molecule has 0 saturated carbocycles. The Bertz CT molecular complexity index is 800. The fourth-order valence-electron chi connectivity index (χ4n) is 3.12. The SMILES string of the molecule is CCNC(=NCC(C)Oc1cccc(OC)c1)N(C)Cc1cn(C)nc1C(C)C. The van der Waals surface area contributed by atoms with Crippen molar-refractivity contribution in [1.29, 1.82) is 0 Å². The number of rotatable bonds is 9. The Morgan fingerprint density at radius 2 is 2.00 bits per heavy atom. The summed E-state index contributed by atoms with van der Waals surface area (Å²) < 4.78 is 13.1. The average molecular weight is 402 g/mol. The molecule has 0 aliphatic heterocycles. The number of ether oxygens (including phenoxy) is 2. The molecular formula is C22H35N5O2. The molecule has 2 rings (SSSR count). The van der Waals surface area contributed by atoms with Crippen molar-refractivity contribution in [3.05, 3.63) is 41.7 Å². The number of hydrogen-bond acceptors (Lipinski definition) is 4. The zero-order valence-electron chi connectivity index (χ0n) is 18.8. The lowest BCUT2D eigenvalue weighted by atomic mass is 10.1. The Labute approximate surface area is 174 Å². The lowest BCUT2D eigenvalue weighted by Crippen LogP contribution is -2.39. The highest BCUT2D eigenvalue weighted by Gasteiger charge is 2.15. The van der Waals surface area contributed by atoms with E-state index in [2.05, 4.69) is 42.3 Å². The standard InChI is InChI=1S/C22H35N5O2/c1-8-23-22(26(5)14-18-15-27(6)25-21(18)16(2)3)24-13-17(4)29-20-11-9-10-19(12-20)28-7/h9-12,15-17H,8,13-14H2,1-7H3,(H,23,24). The van der Waals surface area contributed by atoms with Gasteiger partial charge in [0, 0.05) is 45.0 Å². The summed E-state index contributed by atoms with van der Waals surface area (Å²) in [6.45, 7) is 10.5. The molecule has 29 heavy (non-hydrogen) atoms. The molecule has 7 nitrogen and oxygen atoms in total. The summed E-state index contributed by atoms with van der Waals surface area (Å²) in [4.78, 5) is 6.91. The first-order chi connectivity index (χ1) is 13.8. The minimum atomic E-state index is -0.0613. The van der Waals surface area contributed by atoms with Crippen LogP contribution in [0.2, 0.25) is 0 Å².